The van der Waals surface area contributed by atoms with Gasteiger partial charge in [0.2, 0.25) is 5.78 Å². The fraction of sp³-hybridized carbons (Fsp3) is 0.154. The number of rotatable bonds is 3. The molecule has 0 bridgehead atoms. The number of anilines is 1. The number of hydrogen-bond acceptors (Lipinski definition) is 4. The second-order valence-electron chi connectivity index (χ2n) is 3.75. The third-order valence-electron chi connectivity index (χ3n) is 2.53. The summed E-state index contributed by atoms with van der Waals surface area (Å²) in [6.07, 6.45) is 0. The van der Waals surface area contributed by atoms with Crippen LogP contribution in [0.3, 0.4) is 0 Å². The molecule has 1 heterocycles. The summed E-state index contributed by atoms with van der Waals surface area (Å²) in [4.78, 5) is 12.9. The van der Waals surface area contributed by atoms with Crippen LogP contribution in [-0.4, -0.2) is 12.9 Å². The number of hydrogen-bond donors (Lipinski definition) is 1. The second kappa shape index (κ2) is 4.59. The van der Waals surface area contributed by atoms with Crippen molar-refractivity contribution in [3.8, 4) is 5.75 Å². The van der Waals surface area contributed by atoms with Gasteiger partial charge in [-0.25, -0.2) is 0 Å². The molecule has 4 heteroatoms. The number of carbonyl (C=O) groups is 1. The number of ketones is 1. The number of methoxy groups -OCH3 is 1. The molecule has 2 aromatic rings. The minimum atomic E-state index is 0.0100. The Bertz CT molecular complexity index is 560. The molecule has 0 radical (unpaired) electrons. The van der Waals surface area contributed by atoms with Gasteiger partial charge in [0.1, 0.15) is 5.75 Å². The fourth-order valence-electron chi connectivity index (χ4n) is 1.62. The van der Waals surface area contributed by atoms with Crippen LogP contribution in [0.4, 0.5) is 5.69 Å². The van der Waals surface area contributed by atoms with Crippen LogP contribution in [0.25, 0.3) is 0 Å². The monoisotopic (exact) mass is 247 g/mol. The molecule has 2 rings (SSSR count). The van der Waals surface area contributed by atoms with E-state index in [1.54, 1.807) is 31.4 Å². The molecule has 0 amide bonds. The standard InChI is InChI=1S/C13H13NO2S/c1-8-5-9(14)3-4-11(8)13(15)12-6-10(16-2)7-17-12/h3-7H,14H2,1-2H3. The van der Waals surface area contributed by atoms with Gasteiger partial charge in [-0.2, -0.15) is 0 Å². The molecular formula is C13H13NO2S. The largest absolute Gasteiger partial charge is 0.496 e. The average molecular weight is 247 g/mol. The van der Waals surface area contributed by atoms with Crippen LogP contribution in [-0.2, 0) is 0 Å². The Morgan fingerprint density at radius 2 is 2.12 bits per heavy atom. The first-order valence-electron chi connectivity index (χ1n) is 5.15. The molecule has 0 aliphatic heterocycles. The van der Waals surface area contributed by atoms with E-state index in [4.69, 9.17) is 10.5 Å². The van der Waals surface area contributed by atoms with Gasteiger partial charge in [0, 0.05) is 22.7 Å². The molecule has 0 unspecified atom stereocenters. The lowest BCUT2D eigenvalue weighted by molar-refractivity contribution is 0.104. The summed E-state index contributed by atoms with van der Waals surface area (Å²) in [5, 5.41) is 1.82. The number of ether oxygens (including phenoxy) is 1. The van der Waals surface area contributed by atoms with Crippen molar-refractivity contribution in [2.75, 3.05) is 12.8 Å². The van der Waals surface area contributed by atoms with Gasteiger partial charge in [0.15, 0.2) is 0 Å². The van der Waals surface area contributed by atoms with E-state index in [9.17, 15) is 4.79 Å². The predicted molar refractivity (Wildman–Crippen MR) is 69.9 cm³/mol. The summed E-state index contributed by atoms with van der Waals surface area (Å²) in [7, 11) is 1.59. The van der Waals surface area contributed by atoms with Crippen LogP contribution in [0, 0.1) is 6.92 Å². The van der Waals surface area contributed by atoms with Crippen LogP contribution < -0.4 is 10.5 Å². The molecule has 0 fully saturated rings. The number of nitrogens with two attached hydrogens (primary N) is 1. The van der Waals surface area contributed by atoms with Crippen molar-refractivity contribution >= 4 is 22.8 Å². The maximum Gasteiger partial charge on any atom is 0.203 e. The minimum Gasteiger partial charge on any atom is -0.496 e. The molecule has 0 aliphatic rings. The molecular weight excluding hydrogens is 234 g/mol. The Morgan fingerprint density at radius 1 is 1.35 bits per heavy atom. The first-order chi connectivity index (χ1) is 8.11. The van der Waals surface area contributed by atoms with E-state index in [1.165, 1.54) is 11.3 Å². The highest BCUT2D eigenvalue weighted by atomic mass is 32.1. The normalized spacial score (nSPS) is 10.2. The molecule has 88 valence electrons. The SMILES string of the molecule is COc1csc(C(=O)c2ccc(N)cc2C)c1. The molecule has 0 aliphatic carbocycles. The van der Waals surface area contributed by atoms with Crippen molar-refractivity contribution in [2.24, 2.45) is 0 Å². The number of nitrogen functional groups attached to an aromatic ring is 1. The summed E-state index contributed by atoms with van der Waals surface area (Å²) in [6, 6.07) is 7.06. The summed E-state index contributed by atoms with van der Waals surface area (Å²) in [5.41, 5.74) is 7.91. The minimum absolute atomic E-state index is 0.0100. The molecule has 1 aromatic heterocycles. The number of carbonyl (C=O) groups excluding carboxylic acids is 1. The predicted octanol–water partition coefficient (Wildman–Crippen LogP) is 2.88. The molecule has 0 saturated carbocycles. The van der Waals surface area contributed by atoms with Crippen molar-refractivity contribution in [1.82, 2.24) is 0 Å². The third kappa shape index (κ3) is 2.31. The highest BCUT2D eigenvalue weighted by molar-refractivity contribution is 7.12. The highest BCUT2D eigenvalue weighted by Gasteiger charge is 2.14. The maximum atomic E-state index is 12.2. The van der Waals surface area contributed by atoms with Crippen LogP contribution in [0.5, 0.6) is 5.75 Å². The zero-order chi connectivity index (χ0) is 12.4. The van der Waals surface area contributed by atoms with Gasteiger partial charge in [-0.3, -0.25) is 4.79 Å². The van der Waals surface area contributed by atoms with Gasteiger partial charge in [-0.1, -0.05) is 0 Å². The van der Waals surface area contributed by atoms with Crippen molar-refractivity contribution in [3.63, 3.8) is 0 Å². The van der Waals surface area contributed by atoms with Gasteiger partial charge in [-0.15, -0.1) is 11.3 Å². The lowest BCUT2D eigenvalue weighted by Crippen LogP contribution is -2.02. The van der Waals surface area contributed by atoms with E-state index in [2.05, 4.69) is 0 Å². The van der Waals surface area contributed by atoms with Crippen LogP contribution in [0.2, 0.25) is 0 Å². The highest BCUT2D eigenvalue weighted by Crippen LogP contribution is 2.25. The molecule has 3 nitrogen and oxygen atoms in total. The number of aryl methyl sites for hydroxylation is 1. The van der Waals surface area contributed by atoms with E-state index in [0.717, 1.165) is 5.56 Å². The Morgan fingerprint density at radius 3 is 2.71 bits per heavy atom. The quantitative estimate of drug-likeness (QED) is 0.670. The Labute approximate surface area is 104 Å². The van der Waals surface area contributed by atoms with Crippen LogP contribution >= 0.6 is 11.3 Å². The van der Waals surface area contributed by atoms with Gasteiger partial charge in [0.05, 0.1) is 12.0 Å². The van der Waals surface area contributed by atoms with E-state index in [1.807, 2.05) is 12.3 Å². The zero-order valence-electron chi connectivity index (χ0n) is 9.69. The summed E-state index contributed by atoms with van der Waals surface area (Å²) < 4.78 is 5.07. The third-order valence-corrected chi connectivity index (χ3v) is 3.44. The lowest BCUT2D eigenvalue weighted by Gasteiger charge is -2.04. The van der Waals surface area contributed by atoms with Crippen LogP contribution in [0.1, 0.15) is 20.8 Å². The topological polar surface area (TPSA) is 52.3 Å². The molecule has 0 spiro atoms. The van der Waals surface area contributed by atoms with E-state index in [-0.39, 0.29) is 5.78 Å². The number of thiophene rings is 1. The smallest absolute Gasteiger partial charge is 0.203 e. The summed E-state index contributed by atoms with van der Waals surface area (Å²) >= 11 is 1.38. The van der Waals surface area contributed by atoms with Gasteiger partial charge < -0.3 is 10.5 Å². The number of benzene rings is 1. The van der Waals surface area contributed by atoms with Crippen molar-refractivity contribution in [3.05, 3.63) is 45.6 Å². The van der Waals surface area contributed by atoms with Crippen molar-refractivity contribution in [2.45, 2.75) is 6.92 Å². The molecule has 0 atom stereocenters. The molecule has 2 N–H and O–H groups in total. The first kappa shape index (κ1) is 11.7. The first-order valence-corrected chi connectivity index (χ1v) is 6.03. The molecule has 0 saturated heterocycles. The van der Waals surface area contributed by atoms with Gasteiger partial charge in [-0.05, 0) is 30.7 Å². The Hall–Kier alpha value is -1.81. The summed E-state index contributed by atoms with van der Waals surface area (Å²) in [5.74, 6) is 0.724. The lowest BCUT2D eigenvalue weighted by atomic mass is 10.0. The van der Waals surface area contributed by atoms with E-state index >= 15 is 0 Å². The Balaban J connectivity index is 2.36. The van der Waals surface area contributed by atoms with Crippen LogP contribution in [0.15, 0.2) is 29.6 Å². The zero-order valence-corrected chi connectivity index (χ0v) is 10.5. The summed E-state index contributed by atoms with van der Waals surface area (Å²) in [6.45, 7) is 1.88. The van der Waals surface area contributed by atoms with E-state index in [0.29, 0.717) is 21.9 Å². The molecule has 1 aromatic carbocycles. The van der Waals surface area contributed by atoms with Crippen molar-refractivity contribution < 1.29 is 9.53 Å². The molecule has 17 heavy (non-hydrogen) atoms. The second-order valence-corrected chi connectivity index (χ2v) is 4.67. The van der Waals surface area contributed by atoms with Gasteiger partial charge in [0.25, 0.3) is 0 Å². The Kier molecular flexibility index (Phi) is 3.15. The maximum absolute atomic E-state index is 12.2. The average Bonchev–Trinajstić information content (AvgIpc) is 2.76. The van der Waals surface area contributed by atoms with Gasteiger partial charge >= 0.3 is 0 Å². The van der Waals surface area contributed by atoms with E-state index < -0.39 is 0 Å². The fourth-order valence-corrected chi connectivity index (χ4v) is 2.43. The van der Waals surface area contributed by atoms with Crippen molar-refractivity contribution in [1.29, 1.82) is 0 Å².